The fourth-order valence-electron chi connectivity index (χ4n) is 1.17. The largest absolute Gasteiger partial charge is 0.370 e. The van der Waals surface area contributed by atoms with E-state index in [-0.39, 0.29) is 0 Å². The van der Waals surface area contributed by atoms with E-state index in [1.165, 1.54) is 0 Å². The zero-order valence-corrected chi connectivity index (χ0v) is 8.20. The zero-order valence-electron chi connectivity index (χ0n) is 8.20. The Morgan fingerprint density at radius 1 is 1.64 bits per heavy atom. The minimum absolute atomic E-state index is 0.444. The summed E-state index contributed by atoms with van der Waals surface area (Å²) in [5.41, 5.74) is 7.77. The molecule has 1 fully saturated rings. The van der Waals surface area contributed by atoms with Gasteiger partial charge in [-0.15, -0.1) is 0 Å². The summed E-state index contributed by atoms with van der Waals surface area (Å²) in [6, 6.07) is 2.38. The Balaban J connectivity index is 2.06. The number of aryl methyl sites for hydroxylation is 1. The first-order chi connectivity index (χ1) is 6.75. The molecular formula is C10H14N4. The lowest BCUT2D eigenvalue weighted by Crippen LogP contribution is -2.23. The first-order valence-corrected chi connectivity index (χ1v) is 4.76. The van der Waals surface area contributed by atoms with Crippen molar-refractivity contribution in [2.75, 3.05) is 5.32 Å². The fraction of sp³-hybridized carbons (Fsp3) is 0.400. The number of rotatable bonds is 2. The standard InChI is InChI=1S/C10H14N4/c1-7-4-5-12-6-9(7)14-10(11)13-8-2-3-8/h4-6,8H,2-3H2,1H3,(H3,11,13,14). The van der Waals surface area contributed by atoms with Gasteiger partial charge in [0.2, 0.25) is 0 Å². The van der Waals surface area contributed by atoms with Gasteiger partial charge >= 0.3 is 0 Å². The lowest BCUT2D eigenvalue weighted by molar-refractivity contribution is 1.06. The maximum Gasteiger partial charge on any atom is 0.193 e. The van der Waals surface area contributed by atoms with Crippen molar-refractivity contribution in [2.45, 2.75) is 25.8 Å². The number of nitrogens with zero attached hydrogens (tertiary/aromatic N) is 2. The van der Waals surface area contributed by atoms with Gasteiger partial charge in [-0.05, 0) is 31.4 Å². The molecule has 0 saturated heterocycles. The van der Waals surface area contributed by atoms with Gasteiger partial charge in [0, 0.05) is 6.20 Å². The molecule has 0 amide bonds. The first-order valence-electron chi connectivity index (χ1n) is 4.76. The maximum absolute atomic E-state index is 5.73. The molecule has 0 atom stereocenters. The molecule has 3 N–H and O–H groups in total. The predicted octanol–water partition coefficient (Wildman–Crippen LogP) is 1.28. The van der Waals surface area contributed by atoms with E-state index < -0.39 is 0 Å². The lowest BCUT2D eigenvalue weighted by atomic mass is 10.2. The highest BCUT2D eigenvalue weighted by Gasteiger charge is 2.20. The van der Waals surface area contributed by atoms with Gasteiger partial charge in [0.15, 0.2) is 5.96 Å². The van der Waals surface area contributed by atoms with Crippen LogP contribution in [0, 0.1) is 6.92 Å². The Kier molecular flexibility index (Phi) is 2.35. The van der Waals surface area contributed by atoms with E-state index in [0.29, 0.717) is 12.0 Å². The molecule has 2 rings (SSSR count). The Morgan fingerprint density at radius 3 is 3.07 bits per heavy atom. The highest BCUT2D eigenvalue weighted by atomic mass is 15.1. The molecule has 1 saturated carbocycles. The van der Waals surface area contributed by atoms with E-state index in [1.54, 1.807) is 12.4 Å². The van der Waals surface area contributed by atoms with Crippen LogP contribution in [0.15, 0.2) is 23.5 Å². The van der Waals surface area contributed by atoms with Crippen molar-refractivity contribution in [2.24, 2.45) is 10.7 Å². The second kappa shape index (κ2) is 3.65. The summed E-state index contributed by atoms with van der Waals surface area (Å²) in [6.07, 6.45) is 5.84. The third kappa shape index (κ3) is 2.22. The quantitative estimate of drug-likeness (QED) is 0.545. The number of guanidine groups is 1. The normalized spacial score (nSPS) is 16.8. The van der Waals surface area contributed by atoms with E-state index in [9.17, 15) is 0 Å². The van der Waals surface area contributed by atoms with Gasteiger partial charge in [-0.1, -0.05) is 0 Å². The van der Waals surface area contributed by atoms with Gasteiger partial charge < -0.3 is 11.1 Å². The average molecular weight is 190 g/mol. The van der Waals surface area contributed by atoms with Crippen molar-refractivity contribution in [1.82, 2.24) is 4.98 Å². The van der Waals surface area contributed by atoms with E-state index in [2.05, 4.69) is 15.3 Å². The van der Waals surface area contributed by atoms with E-state index in [4.69, 9.17) is 5.73 Å². The van der Waals surface area contributed by atoms with Gasteiger partial charge in [0.05, 0.1) is 17.9 Å². The summed E-state index contributed by atoms with van der Waals surface area (Å²) in [4.78, 5) is 8.30. The van der Waals surface area contributed by atoms with Crippen molar-refractivity contribution >= 4 is 11.6 Å². The van der Waals surface area contributed by atoms with Crippen molar-refractivity contribution in [3.05, 3.63) is 24.0 Å². The van der Waals surface area contributed by atoms with Crippen LogP contribution in [0.5, 0.6) is 0 Å². The number of pyridine rings is 1. The number of nitrogens with two attached hydrogens (primary N) is 1. The SMILES string of the molecule is Cc1ccncc1NC(N)=NC1CC1. The monoisotopic (exact) mass is 190 g/mol. The number of anilines is 1. The minimum atomic E-state index is 0.444. The summed E-state index contributed by atoms with van der Waals surface area (Å²) in [7, 11) is 0. The summed E-state index contributed by atoms with van der Waals surface area (Å²) in [6.45, 7) is 2.01. The molecule has 4 heteroatoms. The van der Waals surface area contributed by atoms with E-state index in [1.807, 2.05) is 13.0 Å². The van der Waals surface area contributed by atoms with Crippen LogP contribution in [-0.2, 0) is 0 Å². The number of hydrogen-bond acceptors (Lipinski definition) is 2. The summed E-state index contributed by atoms with van der Waals surface area (Å²) >= 11 is 0. The predicted molar refractivity (Wildman–Crippen MR) is 57.2 cm³/mol. The molecule has 0 aromatic carbocycles. The number of hydrogen-bond donors (Lipinski definition) is 2. The number of aromatic nitrogens is 1. The smallest absolute Gasteiger partial charge is 0.193 e. The van der Waals surface area contributed by atoms with Gasteiger partial charge in [0.25, 0.3) is 0 Å². The van der Waals surface area contributed by atoms with Crippen LogP contribution in [-0.4, -0.2) is 17.0 Å². The van der Waals surface area contributed by atoms with Crippen molar-refractivity contribution in [3.63, 3.8) is 0 Å². The van der Waals surface area contributed by atoms with Gasteiger partial charge in [-0.3, -0.25) is 4.98 Å². The average Bonchev–Trinajstić information content (AvgIpc) is 2.93. The molecule has 0 unspecified atom stereocenters. The number of nitrogens with one attached hydrogen (secondary N) is 1. The van der Waals surface area contributed by atoms with Crippen molar-refractivity contribution in [1.29, 1.82) is 0 Å². The molecule has 1 heterocycles. The third-order valence-corrected chi connectivity index (χ3v) is 2.17. The Labute approximate surface area is 83.3 Å². The zero-order chi connectivity index (χ0) is 9.97. The van der Waals surface area contributed by atoms with Crippen molar-refractivity contribution < 1.29 is 0 Å². The van der Waals surface area contributed by atoms with Crippen molar-refractivity contribution in [3.8, 4) is 0 Å². The summed E-state index contributed by atoms with van der Waals surface area (Å²) in [5, 5.41) is 3.05. The fourth-order valence-corrected chi connectivity index (χ4v) is 1.17. The summed E-state index contributed by atoms with van der Waals surface area (Å²) < 4.78 is 0. The molecule has 0 radical (unpaired) electrons. The van der Waals surface area contributed by atoms with Gasteiger partial charge in [-0.25, -0.2) is 4.99 Å². The Morgan fingerprint density at radius 2 is 2.43 bits per heavy atom. The Hall–Kier alpha value is -1.58. The van der Waals surface area contributed by atoms with Crippen LogP contribution >= 0.6 is 0 Å². The second-order valence-corrected chi connectivity index (χ2v) is 3.56. The maximum atomic E-state index is 5.73. The first kappa shape index (κ1) is 8.99. The topological polar surface area (TPSA) is 63.3 Å². The van der Waals surface area contributed by atoms with Crippen LogP contribution < -0.4 is 11.1 Å². The molecule has 0 spiro atoms. The molecule has 0 aliphatic heterocycles. The number of aliphatic imine (C=N–C) groups is 1. The molecule has 0 bridgehead atoms. The molecule has 74 valence electrons. The molecular weight excluding hydrogens is 176 g/mol. The lowest BCUT2D eigenvalue weighted by Gasteiger charge is -2.07. The van der Waals surface area contributed by atoms with Gasteiger partial charge in [0.1, 0.15) is 0 Å². The molecule has 14 heavy (non-hydrogen) atoms. The Bertz CT molecular complexity index is 355. The molecule has 1 aliphatic rings. The van der Waals surface area contributed by atoms with Gasteiger partial charge in [-0.2, -0.15) is 0 Å². The van der Waals surface area contributed by atoms with E-state index in [0.717, 1.165) is 24.1 Å². The minimum Gasteiger partial charge on any atom is -0.370 e. The van der Waals surface area contributed by atoms with Crippen LogP contribution in [0.25, 0.3) is 0 Å². The van der Waals surface area contributed by atoms with Crippen LogP contribution in [0.2, 0.25) is 0 Å². The third-order valence-electron chi connectivity index (χ3n) is 2.17. The highest BCUT2D eigenvalue weighted by Crippen LogP contribution is 2.23. The molecule has 4 nitrogen and oxygen atoms in total. The summed E-state index contributed by atoms with van der Waals surface area (Å²) in [5.74, 6) is 0.489. The van der Waals surface area contributed by atoms with Crippen LogP contribution in [0.1, 0.15) is 18.4 Å². The highest BCUT2D eigenvalue weighted by molar-refractivity contribution is 5.92. The molecule has 1 aliphatic carbocycles. The molecule has 1 aromatic heterocycles. The second-order valence-electron chi connectivity index (χ2n) is 3.56. The van der Waals surface area contributed by atoms with E-state index >= 15 is 0 Å². The molecule has 1 aromatic rings. The van der Waals surface area contributed by atoms with Crippen LogP contribution in [0.3, 0.4) is 0 Å². The van der Waals surface area contributed by atoms with Crippen LogP contribution in [0.4, 0.5) is 5.69 Å².